The minimum atomic E-state index is -0.113. The van der Waals surface area contributed by atoms with Crippen LogP contribution >= 0.6 is 23.1 Å². The monoisotopic (exact) mass is 359 g/mol. The van der Waals surface area contributed by atoms with Crippen LogP contribution < -0.4 is 5.32 Å². The van der Waals surface area contributed by atoms with Gasteiger partial charge in [-0.05, 0) is 25.5 Å². The van der Waals surface area contributed by atoms with Gasteiger partial charge in [-0.2, -0.15) is 0 Å². The van der Waals surface area contributed by atoms with Crippen molar-refractivity contribution in [3.05, 3.63) is 46.7 Å². The number of thioether (sulfide) groups is 1. The number of para-hydroxylation sites is 1. The molecule has 0 saturated carbocycles. The molecule has 24 heavy (non-hydrogen) atoms. The molecule has 0 saturated heterocycles. The van der Waals surface area contributed by atoms with Gasteiger partial charge in [0.1, 0.15) is 5.82 Å². The van der Waals surface area contributed by atoms with Gasteiger partial charge in [0, 0.05) is 18.1 Å². The first-order valence-electron chi connectivity index (χ1n) is 7.37. The van der Waals surface area contributed by atoms with Crippen LogP contribution in [0.2, 0.25) is 0 Å². The van der Waals surface area contributed by atoms with E-state index in [2.05, 4.69) is 44.1 Å². The summed E-state index contributed by atoms with van der Waals surface area (Å²) in [5.41, 5.74) is 3.16. The molecule has 6 nitrogen and oxygen atoms in total. The molecular formula is C16H17N5OS2. The SMILES string of the molecule is CC(=O)Nc1nc(CSc2nnc(C)n2-c2ccccc2C)cs1. The predicted molar refractivity (Wildman–Crippen MR) is 96.8 cm³/mol. The summed E-state index contributed by atoms with van der Waals surface area (Å²) in [7, 11) is 0. The number of thiazole rings is 1. The fraction of sp³-hybridized carbons (Fsp3) is 0.250. The van der Waals surface area contributed by atoms with Crippen molar-refractivity contribution >= 4 is 34.1 Å². The maximum Gasteiger partial charge on any atom is 0.223 e. The van der Waals surface area contributed by atoms with Gasteiger partial charge in [-0.25, -0.2) is 4.98 Å². The number of anilines is 1. The smallest absolute Gasteiger partial charge is 0.223 e. The van der Waals surface area contributed by atoms with Crippen molar-refractivity contribution in [2.45, 2.75) is 31.7 Å². The molecule has 1 aromatic carbocycles. The van der Waals surface area contributed by atoms with Crippen LogP contribution in [0.25, 0.3) is 5.69 Å². The van der Waals surface area contributed by atoms with Crippen LogP contribution in [0, 0.1) is 13.8 Å². The first-order chi connectivity index (χ1) is 11.5. The van der Waals surface area contributed by atoms with Crippen LogP contribution in [0.1, 0.15) is 24.0 Å². The Balaban J connectivity index is 1.78. The van der Waals surface area contributed by atoms with Gasteiger partial charge in [-0.3, -0.25) is 9.36 Å². The molecule has 0 atom stereocenters. The Hall–Kier alpha value is -2.19. The number of hydrogen-bond acceptors (Lipinski definition) is 6. The summed E-state index contributed by atoms with van der Waals surface area (Å²) in [6.45, 7) is 5.49. The van der Waals surface area contributed by atoms with Crippen molar-refractivity contribution in [3.63, 3.8) is 0 Å². The lowest BCUT2D eigenvalue weighted by Gasteiger charge is -2.10. The highest BCUT2D eigenvalue weighted by Gasteiger charge is 2.14. The van der Waals surface area contributed by atoms with Crippen molar-refractivity contribution < 1.29 is 4.79 Å². The summed E-state index contributed by atoms with van der Waals surface area (Å²) in [5, 5.41) is 14.6. The molecule has 124 valence electrons. The van der Waals surface area contributed by atoms with Crippen molar-refractivity contribution in [2.75, 3.05) is 5.32 Å². The maximum atomic E-state index is 11.1. The van der Waals surface area contributed by atoms with Crippen LogP contribution in [-0.4, -0.2) is 25.7 Å². The molecule has 0 aliphatic heterocycles. The Morgan fingerprint density at radius 2 is 2.08 bits per heavy atom. The number of carbonyl (C=O) groups is 1. The molecule has 0 radical (unpaired) electrons. The Bertz CT molecular complexity index is 871. The largest absolute Gasteiger partial charge is 0.302 e. The van der Waals surface area contributed by atoms with Gasteiger partial charge in [0.15, 0.2) is 10.3 Å². The Labute approximate surface area is 148 Å². The molecule has 0 fully saturated rings. The van der Waals surface area contributed by atoms with Crippen LogP contribution in [0.3, 0.4) is 0 Å². The second-order valence-corrected chi connectivity index (χ2v) is 7.07. The molecule has 3 rings (SSSR count). The fourth-order valence-corrected chi connectivity index (χ4v) is 3.99. The molecular weight excluding hydrogens is 342 g/mol. The molecule has 2 aromatic heterocycles. The van der Waals surface area contributed by atoms with E-state index in [1.807, 2.05) is 24.4 Å². The number of aryl methyl sites for hydroxylation is 2. The average molecular weight is 359 g/mol. The third kappa shape index (κ3) is 3.65. The lowest BCUT2D eigenvalue weighted by molar-refractivity contribution is -0.114. The normalized spacial score (nSPS) is 10.8. The maximum absolute atomic E-state index is 11.1. The lowest BCUT2D eigenvalue weighted by Crippen LogP contribution is -2.05. The van der Waals surface area contributed by atoms with E-state index < -0.39 is 0 Å². The first-order valence-corrected chi connectivity index (χ1v) is 9.24. The van der Waals surface area contributed by atoms with Crippen LogP contribution in [-0.2, 0) is 10.5 Å². The number of hydrogen-bond donors (Lipinski definition) is 1. The average Bonchev–Trinajstić information content (AvgIpc) is 3.12. The number of benzene rings is 1. The van der Waals surface area contributed by atoms with Gasteiger partial charge >= 0.3 is 0 Å². The van der Waals surface area contributed by atoms with E-state index in [1.165, 1.54) is 23.8 Å². The molecule has 3 aromatic rings. The first kappa shape index (κ1) is 16.7. The predicted octanol–water partition coefficient (Wildman–Crippen LogP) is 3.59. The fourth-order valence-electron chi connectivity index (χ4n) is 2.25. The zero-order valence-corrected chi connectivity index (χ0v) is 15.2. The molecule has 1 amide bonds. The Kier molecular flexibility index (Phi) is 4.96. The molecule has 2 heterocycles. The van der Waals surface area contributed by atoms with Gasteiger partial charge in [0.2, 0.25) is 5.91 Å². The number of amides is 1. The van der Waals surface area contributed by atoms with Gasteiger partial charge in [-0.1, -0.05) is 30.0 Å². The topological polar surface area (TPSA) is 72.7 Å². The molecule has 0 unspecified atom stereocenters. The van der Waals surface area contributed by atoms with Gasteiger partial charge in [0.25, 0.3) is 0 Å². The standard InChI is InChI=1S/C16H17N5OS2/c1-10-6-4-5-7-14(10)21-11(2)19-20-16(21)24-9-13-8-23-15(18-13)17-12(3)22/h4-8H,9H2,1-3H3,(H,17,18,22). The van der Waals surface area contributed by atoms with E-state index in [0.29, 0.717) is 10.9 Å². The third-order valence-corrected chi connectivity index (χ3v) is 5.10. The Morgan fingerprint density at radius 3 is 2.83 bits per heavy atom. The summed E-state index contributed by atoms with van der Waals surface area (Å²) in [6, 6.07) is 8.16. The molecule has 8 heteroatoms. The highest BCUT2D eigenvalue weighted by Crippen LogP contribution is 2.27. The third-order valence-electron chi connectivity index (χ3n) is 3.34. The summed E-state index contributed by atoms with van der Waals surface area (Å²) >= 11 is 3.00. The Morgan fingerprint density at radius 1 is 1.29 bits per heavy atom. The van der Waals surface area contributed by atoms with Crippen molar-refractivity contribution in [1.29, 1.82) is 0 Å². The lowest BCUT2D eigenvalue weighted by atomic mass is 10.2. The zero-order valence-electron chi connectivity index (χ0n) is 13.6. The van der Waals surface area contributed by atoms with Gasteiger partial charge in [-0.15, -0.1) is 21.5 Å². The second-order valence-electron chi connectivity index (χ2n) is 5.27. The molecule has 0 aliphatic rings. The molecule has 1 N–H and O–H groups in total. The van der Waals surface area contributed by atoms with Gasteiger partial charge < -0.3 is 5.32 Å². The van der Waals surface area contributed by atoms with Crippen LogP contribution in [0.4, 0.5) is 5.13 Å². The molecule has 0 bridgehead atoms. The number of nitrogens with one attached hydrogen (secondary N) is 1. The van der Waals surface area contributed by atoms with E-state index >= 15 is 0 Å². The van der Waals surface area contributed by atoms with E-state index in [1.54, 1.807) is 11.8 Å². The minimum Gasteiger partial charge on any atom is -0.302 e. The summed E-state index contributed by atoms with van der Waals surface area (Å²) < 4.78 is 2.06. The van der Waals surface area contributed by atoms with E-state index in [4.69, 9.17) is 0 Å². The van der Waals surface area contributed by atoms with Crippen molar-refractivity contribution in [1.82, 2.24) is 19.7 Å². The van der Waals surface area contributed by atoms with Crippen LogP contribution in [0.15, 0.2) is 34.8 Å². The number of rotatable bonds is 5. The highest BCUT2D eigenvalue weighted by atomic mass is 32.2. The van der Waals surface area contributed by atoms with E-state index in [9.17, 15) is 4.79 Å². The van der Waals surface area contributed by atoms with Crippen LogP contribution in [0.5, 0.6) is 0 Å². The van der Waals surface area contributed by atoms with Crippen molar-refractivity contribution in [2.24, 2.45) is 0 Å². The summed E-state index contributed by atoms with van der Waals surface area (Å²) in [6.07, 6.45) is 0. The van der Waals surface area contributed by atoms with E-state index in [0.717, 1.165) is 22.4 Å². The zero-order chi connectivity index (χ0) is 17.1. The summed E-state index contributed by atoms with van der Waals surface area (Å²) in [4.78, 5) is 15.5. The minimum absolute atomic E-state index is 0.113. The highest BCUT2D eigenvalue weighted by molar-refractivity contribution is 7.98. The number of nitrogens with zero attached hydrogens (tertiary/aromatic N) is 4. The van der Waals surface area contributed by atoms with E-state index in [-0.39, 0.29) is 5.91 Å². The second kappa shape index (κ2) is 7.14. The number of aromatic nitrogens is 4. The summed E-state index contributed by atoms with van der Waals surface area (Å²) in [5.74, 6) is 1.41. The molecule has 0 aliphatic carbocycles. The van der Waals surface area contributed by atoms with Crippen molar-refractivity contribution in [3.8, 4) is 5.69 Å². The number of carbonyl (C=O) groups excluding carboxylic acids is 1. The quantitative estimate of drug-likeness (QED) is 0.705. The van der Waals surface area contributed by atoms with Gasteiger partial charge in [0.05, 0.1) is 11.4 Å². The molecule has 0 spiro atoms.